The molecule has 3 N–H and O–H groups in total. The van der Waals surface area contributed by atoms with Crippen LogP contribution < -0.4 is 11.1 Å². The topological polar surface area (TPSA) is 111 Å². The first-order valence-electron chi connectivity index (χ1n) is 6.81. The van der Waals surface area contributed by atoms with Gasteiger partial charge in [0.25, 0.3) is 0 Å². The molecule has 0 amide bonds. The molecule has 2 heterocycles. The second-order valence-corrected chi connectivity index (χ2v) is 7.25. The zero-order valence-corrected chi connectivity index (χ0v) is 12.6. The number of rotatable bonds is 4. The van der Waals surface area contributed by atoms with E-state index in [4.69, 9.17) is 10.5 Å². The van der Waals surface area contributed by atoms with Crippen molar-refractivity contribution in [2.75, 3.05) is 29.2 Å². The summed E-state index contributed by atoms with van der Waals surface area (Å²) in [7, 11) is -2.90. The summed E-state index contributed by atoms with van der Waals surface area (Å²) in [5, 5.41) is 3.14. The van der Waals surface area contributed by atoms with Gasteiger partial charge in [0.05, 0.1) is 35.6 Å². The number of hydrogen-bond donors (Lipinski definition) is 2. The molecular formula is C13H19N3O4S. The highest BCUT2D eigenvalue weighted by molar-refractivity contribution is 7.91. The van der Waals surface area contributed by atoms with Crippen LogP contribution in [0.15, 0.2) is 12.3 Å². The molecule has 2 rings (SSSR count). The van der Waals surface area contributed by atoms with E-state index < -0.39 is 15.8 Å². The minimum atomic E-state index is -2.90. The number of pyridine rings is 1. The third-order valence-electron chi connectivity index (χ3n) is 3.34. The van der Waals surface area contributed by atoms with Gasteiger partial charge in [0.1, 0.15) is 15.7 Å². The smallest absolute Gasteiger partial charge is 0.340 e. The highest BCUT2D eigenvalue weighted by Gasteiger charge is 2.24. The van der Waals surface area contributed by atoms with E-state index in [-0.39, 0.29) is 35.4 Å². The first kappa shape index (κ1) is 15.6. The van der Waals surface area contributed by atoms with Crippen molar-refractivity contribution in [3.63, 3.8) is 0 Å². The molecule has 1 aromatic rings. The summed E-state index contributed by atoms with van der Waals surface area (Å²) < 4.78 is 27.7. The van der Waals surface area contributed by atoms with E-state index in [2.05, 4.69) is 10.3 Å². The molecule has 1 aliphatic rings. The average Bonchev–Trinajstić information content (AvgIpc) is 2.43. The van der Waals surface area contributed by atoms with Crippen molar-refractivity contribution in [2.24, 2.45) is 0 Å². The van der Waals surface area contributed by atoms with Crippen molar-refractivity contribution in [1.82, 2.24) is 4.98 Å². The Kier molecular flexibility index (Phi) is 4.66. The summed E-state index contributed by atoms with van der Waals surface area (Å²) in [6, 6.07) is 1.57. The van der Waals surface area contributed by atoms with E-state index in [1.807, 2.05) is 0 Å². The fourth-order valence-electron chi connectivity index (χ4n) is 2.17. The molecule has 116 valence electrons. The molecule has 21 heavy (non-hydrogen) atoms. The van der Waals surface area contributed by atoms with E-state index in [9.17, 15) is 13.2 Å². The van der Waals surface area contributed by atoms with E-state index >= 15 is 0 Å². The third-order valence-corrected chi connectivity index (χ3v) is 5.05. The van der Waals surface area contributed by atoms with Crippen LogP contribution in [0.2, 0.25) is 0 Å². The number of hydrogen-bond acceptors (Lipinski definition) is 7. The molecule has 1 saturated heterocycles. The summed E-state index contributed by atoms with van der Waals surface area (Å²) in [6.45, 7) is 1.99. The quantitative estimate of drug-likeness (QED) is 0.792. The number of aromatic nitrogens is 1. The van der Waals surface area contributed by atoms with Gasteiger partial charge in [-0.05, 0) is 25.8 Å². The lowest BCUT2D eigenvalue weighted by molar-refractivity contribution is 0.0527. The Morgan fingerprint density at radius 2 is 2.14 bits per heavy atom. The second-order valence-electron chi connectivity index (χ2n) is 4.95. The van der Waals surface area contributed by atoms with Gasteiger partial charge in [-0.2, -0.15) is 0 Å². The van der Waals surface area contributed by atoms with Crippen LogP contribution in [0.4, 0.5) is 11.5 Å². The zero-order valence-electron chi connectivity index (χ0n) is 11.8. The number of esters is 1. The van der Waals surface area contributed by atoms with Crippen LogP contribution in [0, 0.1) is 0 Å². The van der Waals surface area contributed by atoms with E-state index in [0.717, 1.165) is 0 Å². The highest BCUT2D eigenvalue weighted by atomic mass is 32.2. The Morgan fingerprint density at radius 1 is 1.48 bits per heavy atom. The molecule has 0 spiro atoms. The van der Waals surface area contributed by atoms with Gasteiger partial charge in [0.2, 0.25) is 0 Å². The highest BCUT2D eigenvalue weighted by Crippen LogP contribution is 2.20. The lowest BCUT2D eigenvalue weighted by Crippen LogP contribution is -2.32. The maximum atomic E-state index is 11.8. The predicted octanol–water partition coefficient (Wildman–Crippen LogP) is 0.830. The van der Waals surface area contributed by atoms with Gasteiger partial charge in [-0.15, -0.1) is 0 Å². The summed E-state index contributed by atoms with van der Waals surface area (Å²) in [6.07, 6.45) is 2.46. The fraction of sp³-hybridized carbons (Fsp3) is 0.538. The summed E-state index contributed by atoms with van der Waals surface area (Å²) in [5.74, 6) is 0.345. The molecular weight excluding hydrogens is 294 g/mol. The van der Waals surface area contributed by atoms with Gasteiger partial charge in [-0.25, -0.2) is 18.2 Å². The minimum absolute atomic E-state index is 0.0275. The molecule has 0 unspecified atom stereocenters. The molecule has 7 nitrogen and oxygen atoms in total. The maximum Gasteiger partial charge on any atom is 0.340 e. The summed E-state index contributed by atoms with van der Waals surface area (Å²) in [4.78, 5) is 15.9. The normalized spacial score (nSPS) is 18.1. The first-order chi connectivity index (χ1) is 9.91. The number of nitrogen functional groups attached to an aromatic ring is 1. The number of nitrogens with two attached hydrogens (primary N) is 1. The van der Waals surface area contributed by atoms with Gasteiger partial charge >= 0.3 is 5.97 Å². The number of sulfone groups is 1. The summed E-state index contributed by atoms with van der Waals surface area (Å²) >= 11 is 0. The Balaban J connectivity index is 2.07. The number of nitrogens with one attached hydrogen (secondary N) is 1. The lowest BCUT2D eigenvalue weighted by atomic mass is 10.1. The zero-order chi connectivity index (χ0) is 15.5. The number of carbonyl (C=O) groups excluding carboxylic acids is 1. The standard InChI is InChI=1S/C13H19N3O4S/c1-2-20-13(17)10-7-12(15-8-11(10)14)16-9-3-5-21(18,19)6-4-9/h7-9H,2-6,14H2,1H3,(H,15,16). The Labute approximate surface area is 123 Å². The van der Waals surface area contributed by atoms with Crippen LogP contribution in [0.3, 0.4) is 0 Å². The predicted molar refractivity (Wildman–Crippen MR) is 79.9 cm³/mol. The molecule has 0 bridgehead atoms. The van der Waals surface area contributed by atoms with Gasteiger partial charge in [0.15, 0.2) is 0 Å². The van der Waals surface area contributed by atoms with Gasteiger partial charge < -0.3 is 15.8 Å². The van der Waals surface area contributed by atoms with Gasteiger partial charge in [0, 0.05) is 6.04 Å². The van der Waals surface area contributed by atoms with Crippen molar-refractivity contribution in [3.8, 4) is 0 Å². The van der Waals surface area contributed by atoms with Crippen molar-refractivity contribution < 1.29 is 17.9 Å². The molecule has 0 atom stereocenters. The Bertz CT molecular complexity index is 616. The van der Waals surface area contributed by atoms with Crippen LogP contribution in [-0.2, 0) is 14.6 Å². The number of ether oxygens (including phenoxy) is 1. The molecule has 0 saturated carbocycles. The van der Waals surface area contributed by atoms with Crippen LogP contribution in [0.5, 0.6) is 0 Å². The van der Waals surface area contributed by atoms with Crippen LogP contribution in [0.25, 0.3) is 0 Å². The molecule has 0 aliphatic carbocycles. The molecule has 0 radical (unpaired) electrons. The van der Waals surface area contributed by atoms with Gasteiger partial charge in [-0.1, -0.05) is 0 Å². The molecule has 1 aromatic heterocycles. The molecule has 1 fully saturated rings. The largest absolute Gasteiger partial charge is 0.462 e. The van der Waals surface area contributed by atoms with Crippen LogP contribution in [-0.4, -0.2) is 43.5 Å². The van der Waals surface area contributed by atoms with Crippen molar-refractivity contribution in [1.29, 1.82) is 0 Å². The molecule has 0 aromatic carbocycles. The first-order valence-corrected chi connectivity index (χ1v) is 8.63. The van der Waals surface area contributed by atoms with Crippen molar-refractivity contribution in [2.45, 2.75) is 25.8 Å². The Hall–Kier alpha value is -1.83. The maximum absolute atomic E-state index is 11.8. The third kappa shape index (κ3) is 4.07. The number of anilines is 2. The van der Waals surface area contributed by atoms with E-state index in [1.54, 1.807) is 6.92 Å². The van der Waals surface area contributed by atoms with E-state index in [1.165, 1.54) is 12.3 Å². The van der Waals surface area contributed by atoms with Crippen molar-refractivity contribution >= 4 is 27.3 Å². The number of nitrogens with zero attached hydrogens (tertiary/aromatic N) is 1. The lowest BCUT2D eigenvalue weighted by Gasteiger charge is -2.23. The van der Waals surface area contributed by atoms with Gasteiger partial charge in [-0.3, -0.25) is 0 Å². The van der Waals surface area contributed by atoms with E-state index in [0.29, 0.717) is 18.7 Å². The average molecular weight is 313 g/mol. The van der Waals surface area contributed by atoms with Crippen LogP contribution in [0.1, 0.15) is 30.1 Å². The Morgan fingerprint density at radius 3 is 2.76 bits per heavy atom. The minimum Gasteiger partial charge on any atom is -0.462 e. The molecule has 1 aliphatic heterocycles. The fourth-order valence-corrected chi connectivity index (χ4v) is 3.67. The summed E-state index contributed by atoms with van der Waals surface area (Å²) in [5.41, 5.74) is 6.24. The van der Waals surface area contributed by atoms with Crippen molar-refractivity contribution in [3.05, 3.63) is 17.8 Å². The monoisotopic (exact) mass is 313 g/mol. The molecule has 8 heteroatoms. The number of carbonyl (C=O) groups is 1. The second kappa shape index (κ2) is 6.30. The van der Waals surface area contributed by atoms with Crippen LogP contribution >= 0.6 is 0 Å². The SMILES string of the molecule is CCOC(=O)c1cc(NC2CCS(=O)(=O)CC2)ncc1N.